The second-order valence-electron chi connectivity index (χ2n) is 3.29. The lowest BCUT2D eigenvalue weighted by Crippen LogP contribution is -2.34. The van der Waals surface area contributed by atoms with Crippen molar-refractivity contribution in [2.24, 2.45) is 0 Å². The molecule has 0 bridgehead atoms. The first kappa shape index (κ1) is 13.3. The van der Waals surface area contributed by atoms with E-state index < -0.39 is 36.3 Å². The average molecular weight is 248 g/mol. The summed E-state index contributed by atoms with van der Waals surface area (Å²) in [6, 6.07) is -0.591. The van der Waals surface area contributed by atoms with Gasteiger partial charge in [-0.3, -0.25) is 0 Å². The first-order chi connectivity index (χ1) is 7.70. The Morgan fingerprint density at radius 2 is 2.06 bits per heavy atom. The van der Waals surface area contributed by atoms with Crippen LogP contribution in [0.3, 0.4) is 0 Å². The molecule has 0 saturated heterocycles. The number of nitrogens with zero attached hydrogens (tertiary/aromatic N) is 3. The number of nitriles is 1. The summed E-state index contributed by atoms with van der Waals surface area (Å²) in [6.45, 7) is 0.790. The predicted octanol–water partition coefficient (Wildman–Crippen LogP) is -0.860. The monoisotopic (exact) mass is 248 g/mol. The Morgan fingerprint density at radius 3 is 2.35 bits per heavy atom. The van der Waals surface area contributed by atoms with Crippen LogP contribution in [0.5, 0.6) is 0 Å². The molecule has 6 nitrogen and oxygen atoms in total. The molecular weight excluding hydrogens is 240 g/mol. The van der Waals surface area contributed by atoms with Gasteiger partial charge in [-0.15, -0.1) is 0 Å². The maximum Gasteiger partial charge on any atom is 0.511 e. The topological polar surface area (TPSA) is 108 Å². The molecule has 0 saturated carbocycles. The Morgan fingerprint density at radius 1 is 1.53 bits per heavy atom. The van der Waals surface area contributed by atoms with Gasteiger partial charge >= 0.3 is 13.3 Å². The summed E-state index contributed by atoms with van der Waals surface area (Å²) in [5.74, 6) is -0.555. The van der Waals surface area contributed by atoms with Crippen LogP contribution in [0.25, 0.3) is 0 Å². The van der Waals surface area contributed by atoms with Crippen LogP contribution >= 0.6 is 0 Å². The molecule has 1 heterocycles. The van der Waals surface area contributed by atoms with E-state index in [4.69, 9.17) is 21.0 Å². The molecule has 0 fully saturated rings. The number of rotatable bonds is 2. The van der Waals surface area contributed by atoms with Crippen LogP contribution in [0.2, 0.25) is 0 Å². The smallest absolute Gasteiger partial charge is 0.422 e. The zero-order valence-electron chi connectivity index (χ0n) is 8.60. The van der Waals surface area contributed by atoms with E-state index >= 15 is 0 Å². The van der Waals surface area contributed by atoms with E-state index in [0.29, 0.717) is 4.68 Å². The van der Waals surface area contributed by atoms with Gasteiger partial charge < -0.3 is 15.8 Å². The summed E-state index contributed by atoms with van der Waals surface area (Å²) in [5.41, 5.74) is 4.23. The van der Waals surface area contributed by atoms with Crippen molar-refractivity contribution in [3.05, 3.63) is 5.56 Å². The molecule has 0 aliphatic carbocycles. The Kier molecular flexibility index (Phi) is 3.35. The molecule has 92 valence electrons. The van der Waals surface area contributed by atoms with Gasteiger partial charge in [0.2, 0.25) is 0 Å². The highest BCUT2D eigenvalue weighted by atomic mass is 19.4. The van der Waals surface area contributed by atoms with Crippen LogP contribution in [0.1, 0.15) is 18.5 Å². The van der Waals surface area contributed by atoms with E-state index in [0.717, 1.165) is 6.92 Å². The molecule has 0 amide bonds. The van der Waals surface area contributed by atoms with Crippen molar-refractivity contribution in [1.29, 1.82) is 5.26 Å². The summed E-state index contributed by atoms with van der Waals surface area (Å²) in [6.07, 6.45) is -4.61. The van der Waals surface area contributed by atoms with Gasteiger partial charge in [0.15, 0.2) is 0 Å². The lowest BCUT2D eigenvalue weighted by atomic mass is 9.83. The molecule has 0 aliphatic heterocycles. The van der Waals surface area contributed by atoms with Crippen molar-refractivity contribution in [3.8, 4) is 6.07 Å². The van der Waals surface area contributed by atoms with Crippen LogP contribution in [-0.4, -0.2) is 33.1 Å². The van der Waals surface area contributed by atoms with E-state index in [2.05, 4.69) is 5.10 Å². The van der Waals surface area contributed by atoms with Gasteiger partial charge in [-0.1, -0.05) is 0 Å². The van der Waals surface area contributed by atoms with Crippen LogP contribution in [0.15, 0.2) is 0 Å². The van der Waals surface area contributed by atoms with Gasteiger partial charge in [-0.05, 0) is 6.92 Å². The minimum atomic E-state index is -4.61. The lowest BCUT2D eigenvalue weighted by Gasteiger charge is -2.17. The lowest BCUT2D eigenvalue weighted by molar-refractivity contribution is -0.164. The third-order valence-electron chi connectivity index (χ3n) is 2.17. The molecule has 1 rings (SSSR count). The second-order valence-corrected chi connectivity index (χ2v) is 3.29. The Labute approximate surface area is 94.2 Å². The fraction of sp³-hybridized carbons (Fsp3) is 0.429. The third kappa shape index (κ3) is 2.35. The summed E-state index contributed by atoms with van der Waals surface area (Å²) in [4.78, 5) is 0. The van der Waals surface area contributed by atoms with E-state index in [-0.39, 0.29) is 0 Å². The molecule has 0 aliphatic rings. The van der Waals surface area contributed by atoms with Crippen molar-refractivity contribution in [2.45, 2.75) is 19.1 Å². The summed E-state index contributed by atoms with van der Waals surface area (Å²) in [5, 5.41) is 29.7. The van der Waals surface area contributed by atoms with Crippen LogP contribution < -0.4 is 11.3 Å². The Hall–Kier alpha value is -1.73. The van der Waals surface area contributed by atoms with Crippen LogP contribution in [-0.2, 0) is 0 Å². The molecule has 0 aromatic carbocycles. The van der Waals surface area contributed by atoms with Gasteiger partial charge in [-0.2, -0.15) is 23.5 Å². The standard InChI is InChI=1S/C7H8BF3N4O2/c1-3(7(9,10)11)15-6(13)4(2-12)5(14-15)8(16)17/h3,16-17H,13H2,1H3. The molecule has 1 atom stereocenters. The molecule has 0 radical (unpaired) electrons. The van der Waals surface area contributed by atoms with Gasteiger partial charge in [0.25, 0.3) is 0 Å². The van der Waals surface area contributed by atoms with E-state index in [9.17, 15) is 13.2 Å². The minimum absolute atomic E-state index is 0.341. The van der Waals surface area contributed by atoms with E-state index in [1.165, 1.54) is 6.07 Å². The molecule has 1 aromatic heterocycles. The van der Waals surface area contributed by atoms with Gasteiger partial charge in [0.1, 0.15) is 29.1 Å². The maximum absolute atomic E-state index is 12.4. The van der Waals surface area contributed by atoms with Crippen molar-refractivity contribution < 1.29 is 23.2 Å². The van der Waals surface area contributed by atoms with E-state index in [1.807, 2.05) is 0 Å². The average Bonchev–Trinajstić information content (AvgIpc) is 2.52. The number of halogens is 3. The SMILES string of the molecule is CC(n1nc(B(O)O)c(C#N)c1N)C(F)(F)F. The quantitative estimate of drug-likeness (QED) is 0.590. The first-order valence-corrected chi connectivity index (χ1v) is 4.41. The van der Waals surface area contributed by atoms with Gasteiger partial charge in [0.05, 0.1) is 0 Å². The van der Waals surface area contributed by atoms with Gasteiger partial charge in [-0.25, -0.2) is 4.68 Å². The molecule has 0 spiro atoms. The molecule has 1 unspecified atom stereocenters. The molecule has 10 heteroatoms. The zero-order valence-corrected chi connectivity index (χ0v) is 8.60. The Balaban J connectivity index is 3.34. The second kappa shape index (κ2) is 4.27. The van der Waals surface area contributed by atoms with Crippen LogP contribution in [0.4, 0.5) is 19.0 Å². The predicted molar refractivity (Wildman–Crippen MR) is 51.9 cm³/mol. The highest BCUT2D eigenvalue weighted by molar-refractivity contribution is 6.58. The fourth-order valence-electron chi connectivity index (χ4n) is 1.19. The minimum Gasteiger partial charge on any atom is -0.422 e. The first-order valence-electron chi connectivity index (χ1n) is 4.41. The highest BCUT2D eigenvalue weighted by Gasteiger charge is 2.40. The number of hydrogen-bond donors (Lipinski definition) is 3. The third-order valence-corrected chi connectivity index (χ3v) is 2.17. The zero-order chi connectivity index (χ0) is 13.4. The van der Waals surface area contributed by atoms with Crippen molar-refractivity contribution in [2.75, 3.05) is 5.73 Å². The number of aromatic nitrogens is 2. The fourth-order valence-corrected chi connectivity index (χ4v) is 1.19. The largest absolute Gasteiger partial charge is 0.511 e. The molecule has 1 aromatic rings. The van der Waals surface area contributed by atoms with E-state index in [1.54, 1.807) is 0 Å². The number of anilines is 1. The van der Waals surface area contributed by atoms with Crippen molar-refractivity contribution >= 4 is 18.5 Å². The van der Waals surface area contributed by atoms with Crippen molar-refractivity contribution in [3.63, 3.8) is 0 Å². The normalized spacial score (nSPS) is 13.2. The number of nitrogens with two attached hydrogens (primary N) is 1. The summed E-state index contributed by atoms with van der Waals surface area (Å²) < 4.78 is 37.7. The number of hydrogen-bond acceptors (Lipinski definition) is 5. The molecule has 17 heavy (non-hydrogen) atoms. The summed E-state index contributed by atoms with van der Waals surface area (Å²) in [7, 11) is -2.16. The summed E-state index contributed by atoms with van der Waals surface area (Å²) >= 11 is 0. The highest BCUT2D eigenvalue weighted by Crippen LogP contribution is 2.31. The van der Waals surface area contributed by atoms with Crippen LogP contribution in [0, 0.1) is 11.3 Å². The molecule has 4 N–H and O–H groups in total. The maximum atomic E-state index is 12.4. The van der Waals surface area contributed by atoms with Gasteiger partial charge in [0, 0.05) is 0 Å². The van der Waals surface area contributed by atoms with Crippen molar-refractivity contribution in [1.82, 2.24) is 9.78 Å². The molecular formula is C7H8BF3N4O2. The number of nitrogen functional groups attached to an aromatic ring is 1. The number of alkyl halides is 3. The Bertz CT molecular complexity index is 465.